The molecular weight excluding hydrogens is 624 g/mol. The summed E-state index contributed by atoms with van der Waals surface area (Å²) in [5.74, 6) is 1.47. The van der Waals surface area contributed by atoms with E-state index in [0.29, 0.717) is 48.5 Å². The number of unbranched alkanes of at least 4 members (excludes halogenated alkanes) is 8. The molecule has 10 nitrogen and oxygen atoms in total. The van der Waals surface area contributed by atoms with Crippen molar-refractivity contribution in [2.24, 2.45) is 18.2 Å². The molecule has 5 rings (SSSR count). The maximum Gasteiger partial charge on any atom is 0.234 e. The molecule has 0 spiro atoms. The first-order valence-corrected chi connectivity index (χ1v) is 18.1. The Hall–Kier alpha value is -4.54. The van der Waals surface area contributed by atoms with E-state index in [9.17, 15) is 0 Å². The van der Waals surface area contributed by atoms with Crippen LogP contribution in [0.1, 0.15) is 90.5 Å². The van der Waals surface area contributed by atoms with Crippen LogP contribution < -0.4 is 15.8 Å². The van der Waals surface area contributed by atoms with Gasteiger partial charge in [-0.1, -0.05) is 102 Å². The number of benzene rings is 1. The molecule has 0 amide bonds. The van der Waals surface area contributed by atoms with Gasteiger partial charge < -0.3 is 25.1 Å². The van der Waals surface area contributed by atoms with Crippen LogP contribution in [0.2, 0.25) is 0 Å². The minimum Gasteiger partial charge on any atom is -0.438 e. The first-order valence-electron chi connectivity index (χ1n) is 18.1. The third-order valence-corrected chi connectivity index (χ3v) is 8.58. The summed E-state index contributed by atoms with van der Waals surface area (Å²) in [7, 11) is 1.87. The van der Waals surface area contributed by atoms with E-state index in [2.05, 4.69) is 42.4 Å². The number of aromatic nitrogens is 6. The molecule has 10 heteroatoms. The number of hydrogen-bond acceptors (Lipinski definition) is 8. The topological polar surface area (TPSA) is 118 Å². The van der Waals surface area contributed by atoms with Gasteiger partial charge in [-0.05, 0) is 42.0 Å². The standard InChI is InChI=1S/C40H54N8O2/c1-40(2,3)21-12-10-8-6-5-7-9-11-13-24-49-30-48-29-35(32-19-16-23-42-26-32)36-37(48)45-39(44-33-27-43-47(4)28-33)46-38(36)50-34-20-14-17-31(25-34)18-15-22-41/h14-20,23,25-29H,5-13,21-22,24,30,41H2,1-4H3,(H,44,45,46). The number of fused-ring (bicyclic) bond motifs is 1. The summed E-state index contributed by atoms with van der Waals surface area (Å²) in [6, 6.07) is 11.8. The van der Waals surface area contributed by atoms with Gasteiger partial charge >= 0.3 is 0 Å². The monoisotopic (exact) mass is 678 g/mol. The molecular formula is C40H54N8O2. The number of nitrogens with one attached hydrogen (secondary N) is 1. The van der Waals surface area contributed by atoms with Gasteiger partial charge in [0.2, 0.25) is 11.8 Å². The van der Waals surface area contributed by atoms with E-state index in [1.165, 1.54) is 57.8 Å². The number of hydrogen-bond donors (Lipinski definition) is 2. The van der Waals surface area contributed by atoms with Crippen LogP contribution >= 0.6 is 0 Å². The van der Waals surface area contributed by atoms with Crippen LogP contribution in [0.25, 0.3) is 28.2 Å². The Kier molecular flexibility index (Phi) is 13.6. The van der Waals surface area contributed by atoms with Crippen LogP contribution in [0.3, 0.4) is 0 Å². The molecule has 4 aromatic heterocycles. The largest absolute Gasteiger partial charge is 0.438 e. The smallest absolute Gasteiger partial charge is 0.234 e. The normalized spacial score (nSPS) is 11.9. The fourth-order valence-corrected chi connectivity index (χ4v) is 6.00. The van der Waals surface area contributed by atoms with E-state index < -0.39 is 0 Å². The molecule has 1 aromatic carbocycles. The van der Waals surface area contributed by atoms with Gasteiger partial charge in [-0.2, -0.15) is 15.1 Å². The maximum atomic E-state index is 6.55. The highest BCUT2D eigenvalue weighted by Gasteiger charge is 2.21. The lowest BCUT2D eigenvalue weighted by molar-refractivity contribution is 0.0764. The van der Waals surface area contributed by atoms with Crippen molar-refractivity contribution < 1.29 is 9.47 Å². The SMILES string of the molecule is Cn1cc(Nc2nc(Oc3cccc(C=CCN)c3)c3c(-c4cccnc4)cn(COCCCCCCCCCCCC(C)(C)C)c3n2)cn1. The predicted molar refractivity (Wildman–Crippen MR) is 203 cm³/mol. The van der Waals surface area contributed by atoms with E-state index >= 15 is 0 Å². The highest BCUT2D eigenvalue weighted by Crippen LogP contribution is 2.38. The molecule has 0 radical (unpaired) electrons. The molecule has 0 aliphatic carbocycles. The van der Waals surface area contributed by atoms with Gasteiger partial charge in [-0.15, -0.1) is 0 Å². The molecule has 50 heavy (non-hydrogen) atoms. The Balaban J connectivity index is 1.29. The van der Waals surface area contributed by atoms with E-state index in [0.717, 1.165) is 34.2 Å². The third kappa shape index (κ3) is 11.2. The second-order valence-corrected chi connectivity index (χ2v) is 14.2. The lowest BCUT2D eigenvalue weighted by Gasteiger charge is -2.17. The van der Waals surface area contributed by atoms with Gasteiger partial charge in [0, 0.05) is 56.1 Å². The van der Waals surface area contributed by atoms with Gasteiger partial charge in [0.05, 0.1) is 17.3 Å². The highest BCUT2D eigenvalue weighted by atomic mass is 16.5. The summed E-state index contributed by atoms with van der Waals surface area (Å²) in [6.07, 6.45) is 26.0. The summed E-state index contributed by atoms with van der Waals surface area (Å²) in [6.45, 7) is 8.51. The van der Waals surface area contributed by atoms with E-state index in [4.69, 9.17) is 25.2 Å². The minimum absolute atomic E-state index is 0.355. The number of nitrogens with two attached hydrogens (primary N) is 1. The third-order valence-electron chi connectivity index (χ3n) is 8.58. The Morgan fingerprint density at radius 2 is 1.68 bits per heavy atom. The van der Waals surface area contributed by atoms with E-state index in [-0.39, 0.29) is 0 Å². The molecule has 266 valence electrons. The van der Waals surface area contributed by atoms with Crippen LogP contribution in [0.5, 0.6) is 11.6 Å². The zero-order valence-corrected chi connectivity index (χ0v) is 30.3. The lowest BCUT2D eigenvalue weighted by atomic mass is 9.89. The first kappa shape index (κ1) is 36.7. The van der Waals surface area contributed by atoms with Gasteiger partial charge in [0.1, 0.15) is 12.5 Å². The summed E-state index contributed by atoms with van der Waals surface area (Å²) in [4.78, 5) is 14.2. The second-order valence-electron chi connectivity index (χ2n) is 14.2. The summed E-state index contributed by atoms with van der Waals surface area (Å²) < 4.78 is 16.5. The molecule has 0 saturated carbocycles. The van der Waals surface area contributed by atoms with Crippen LogP contribution in [-0.4, -0.2) is 42.5 Å². The predicted octanol–water partition coefficient (Wildman–Crippen LogP) is 9.66. The van der Waals surface area contributed by atoms with Crippen LogP contribution in [0.15, 0.2) is 73.5 Å². The van der Waals surface area contributed by atoms with Crippen molar-refractivity contribution in [3.8, 4) is 22.8 Å². The molecule has 0 atom stereocenters. The van der Waals surface area contributed by atoms with Crippen molar-refractivity contribution in [2.45, 2.75) is 91.7 Å². The number of nitrogens with zero attached hydrogens (tertiary/aromatic N) is 6. The van der Waals surface area contributed by atoms with Gasteiger partial charge in [-0.3, -0.25) is 9.67 Å². The molecule has 5 aromatic rings. The van der Waals surface area contributed by atoms with Crippen LogP contribution in [0, 0.1) is 5.41 Å². The Morgan fingerprint density at radius 1 is 0.900 bits per heavy atom. The summed E-state index contributed by atoms with van der Waals surface area (Å²) in [5, 5.41) is 8.36. The van der Waals surface area contributed by atoms with Gasteiger partial charge in [0.15, 0.2) is 5.65 Å². The van der Waals surface area contributed by atoms with Gasteiger partial charge in [0.25, 0.3) is 0 Å². The Morgan fingerprint density at radius 3 is 2.38 bits per heavy atom. The minimum atomic E-state index is 0.355. The van der Waals surface area contributed by atoms with Crippen molar-refractivity contribution in [3.05, 3.63) is 79.0 Å². The number of anilines is 2. The molecule has 0 saturated heterocycles. The molecule has 0 fully saturated rings. The Bertz CT molecular complexity index is 1790. The second kappa shape index (κ2) is 18.5. The zero-order chi connectivity index (χ0) is 35.2. The molecule has 3 N–H and O–H groups in total. The van der Waals surface area contributed by atoms with E-state index in [1.54, 1.807) is 17.1 Å². The van der Waals surface area contributed by atoms with Crippen molar-refractivity contribution >= 4 is 28.7 Å². The molecule has 4 heterocycles. The number of pyridine rings is 1. The quantitative estimate of drug-likeness (QED) is 0.0782. The number of rotatable bonds is 20. The highest BCUT2D eigenvalue weighted by molar-refractivity contribution is 5.98. The summed E-state index contributed by atoms with van der Waals surface area (Å²) >= 11 is 0. The Labute approximate surface area is 297 Å². The van der Waals surface area contributed by atoms with Crippen LogP contribution in [-0.2, 0) is 18.5 Å². The van der Waals surface area contributed by atoms with Crippen LogP contribution in [0.4, 0.5) is 11.6 Å². The zero-order valence-electron chi connectivity index (χ0n) is 30.3. The molecule has 0 unspecified atom stereocenters. The van der Waals surface area contributed by atoms with Crippen molar-refractivity contribution in [3.63, 3.8) is 0 Å². The lowest BCUT2D eigenvalue weighted by Crippen LogP contribution is -2.06. The van der Waals surface area contributed by atoms with Crippen molar-refractivity contribution in [2.75, 3.05) is 18.5 Å². The molecule has 0 aliphatic heterocycles. The van der Waals surface area contributed by atoms with Crippen molar-refractivity contribution in [1.29, 1.82) is 0 Å². The van der Waals surface area contributed by atoms with Gasteiger partial charge in [-0.25, -0.2) is 0 Å². The molecule has 0 bridgehead atoms. The fraction of sp³-hybridized carbons (Fsp3) is 0.450. The first-order chi connectivity index (χ1) is 24.3. The summed E-state index contributed by atoms with van der Waals surface area (Å²) in [5.41, 5.74) is 10.5. The average molecular weight is 679 g/mol. The number of aryl methyl sites for hydroxylation is 1. The average Bonchev–Trinajstić information content (AvgIpc) is 3.68. The van der Waals surface area contributed by atoms with Crippen molar-refractivity contribution in [1.82, 2.24) is 29.3 Å². The fourth-order valence-electron chi connectivity index (χ4n) is 6.00. The van der Waals surface area contributed by atoms with E-state index in [1.807, 2.05) is 72.6 Å². The molecule has 0 aliphatic rings. The number of ether oxygens (including phenoxy) is 2. The maximum absolute atomic E-state index is 6.55.